The van der Waals surface area contributed by atoms with E-state index in [1.807, 2.05) is 77.7 Å². The maximum atomic E-state index is 14.7. The molecule has 2 amide bonds. The van der Waals surface area contributed by atoms with Crippen LogP contribution < -0.4 is 14.5 Å². The lowest BCUT2D eigenvalue weighted by Gasteiger charge is -2.50. The first-order valence-electron chi connectivity index (χ1n) is 13.6. The number of ether oxygens (including phenoxy) is 1. The van der Waals surface area contributed by atoms with Crippen LogP contribution in [0.15, 0.2) is 103 Å². The Kier molecular flexibility index (Phi) is 5.45. The zero-order valence-corrected chi connectivity index (χ0v) is 23.6. The van der Waals surface area contributed by atoms with Gasteiger partial charge in [0.2, 0.25) is 10.8 Å². The summed E-state index contributed by atoms with van der Waals surface area (Å²) >= 11 is 1.43. The lowest BCUT2D eigenvalue weighted by Crippen LogP contribution is -2.58. The SMILES string of the molecule is CC1(c2ccccc2)CC(C)(C)N2C(=O)C3(SCC(=O)N3c3ccc(Oc4ccccc4)cc3)c3cccc1c32. The molecule has 3 aliphatic heterocycles. The smallest absolute Gasteiger partial charge is 0.269 e. The molecule has 0 bridgehead atoms. The van der Waals surface area contributed by atoms with E-state index in [-0.39, 0.29) is 23.0 Å². The van der Waals surface area contributed by atoms with Crippen LogP contribution in [0.2, 0.25) is 0 Å². The Morgan fingerprint density at radius 1 is 0.700 bits per heavy atom. The second-order valence-corrected chi connectivity index (χ2v) is 12.8. The third-order valence-electron chi connectivity index (χ3n) is 8.56. The normalized spacial score (nSPS) is 24.5. The molecule has 7 rings (SSSR count). The van der Waals surface area contributed by atoms with Gasteiger partial charge in [-0.25, -0.2) is 0 Å². The van der Waals surface area contributed by atoms with E-state index in [1.165, 1.54) is 17.3 Å². The number of rotatable bonds is 4. The summed E-state index contributed by atoms with van der Waals surface area (Å²) in [7, 11) is 0. The van der Waals surface area contributed by atoms with Crippen LogP contribution in [0, 0.1) is 0 Å². The molecule has 0 aromatic heterocycles. The van der Waals surface area contributed by atoms with Crippen molar-refractivity contribution in [3.8, 4) is 11.5 Å². The van der Waals surface area contributed by atoms with E-state index in [4.69, 9.17) is 4.74 Å². The van der Waals surface area contributed by atoms with Crippen molar-refractivity contribution in [1.82, 2.24) is 0 Å². The minimum atomic E-state index is -1.15. The highest BCUT2D eigenvalue weighted by Crippen LogP contribution is 2.62. The molecule has 40 heavy (non-hydrogen) atoms. The van der Waals surface area contributed by atoms with E-state index < -0.39 is 10.4 Å². The lowest BCUT2D eigenvalue weighted by molar-refractivity contribution is -0.124. The zero-order valence-electron chi connectivity index (χ0n) is 22.8. The van der Waals surface area contributed by atoms with Gasteiger partial charge in [-0.05, 0) is 67.8 Å². The fourth-order valence-corrected chi connectivity index (χ4v) is 8.32. The van der Waals surface area contributed by atoms with Gasteiger partial charge in [-0.1, -0.05) is 73.7 Å². The van der Waals surface area contributed by atoms with Crippen LogP contribution in [0.4, 0.5) is 11.4 Å². The van der Waals surface area contributed by atoms with Gasteiger partial charge in [-0.3, -0.25) is 14.5 Å². The monoisotopic (exact) mass is 546 g/mol. The summed E-state index contributed by atoms with van der Waals surface area (Å²) in [5.74, 6) is 1.53. The van der Waals surface area contributed by atoms with Crippen LogP contribution in [0.25, 0.3) is 0 Å². The summed E-state index contributed by atoms with van der Waals surface area (Å²) in [6.45, 7) is 6.57. The van der Waals surface area contributed by atoms with Crippen LogP contribution in [0.3, 0.4) is 0 Å². The highest BCUT2D eigenvalue weighted by Gasteiger charge is 2.65. The molecule has 2 unspecified atom stereocenters. The summed E-state index contributed by atoms with van der Waals surface area (Å²) in [5.41, 5.74) is 4.14. The van der Waals surface area contributed by atoms with E-state index in [9.17, 15) is 9.59 Å². The minimum Gasteiger partial charge on any atom is -0.457 e. The Morgan fingerprint density at radius 3 is 2.02 bits per heavy atom. The van der Waals surface area contributed by atoms with Crippen molar-refractivity contribution in [2.24, 2.45) is 0 Å². The molecule has 0 N–H and O–H groups in total. The van der Waals surface area contributed by atoms with Crippen LogP contribution in [-0.4, -0.2) is 23.1 Å². The topological polar surface area (TPSA) is 49.9 Å². The number of anilines is 2. The quantitative estimate of drug-likeness (QED) is 0.271. The summed E-state index contributed by atoms with van der Waals surface area (Å²) < 4.78 is 5.98. The standard InChI is InChI=1S/C34H30N2O3S/c1-32(2)22-33(3,23-11-6-4-7-12-23)27-15-10-16-28-30(27)36(32)31(38)34(28)35(29(37)21-40-34)24-17-19-26(20-18-24)39-25-13-8-5-9-14-25/h4-20H,21-22H2,1-3H3. The Labute approximate surface area is 238 Å². The second kappa shape index (κ2) is 8.73. The van der Waals surface area contributed by atoms with Gasteiger partial charge in [-0.15, -0.1) is 11.8 Å². The van der Waals surface area contributed by atoms with E-state index in [0.29, 0.717) is 11.4 Å². The summed E-state index contributed by atoms with van der Waals surface area (Å²) in [6.07, 6.45) is 0.770. The predicted molar refractivity (Wildman–Crippen MR) is 160 cm³/mol. The number of nitrogens with zero attached hydrogens (tertiary/aromatic N) is 2. The van der Waals surface area contributed by atoms with Crippen molar-refractivity contribution >= 4 is 35.0 Å². The molecule has 1 fully saturated rings. The zero-order chi connectivity index (χ0) is 27.7. The molecule has 1 saturated heterocycles. The average molecular weight is 547 g/mol. The molecule has 4 aromatic rings. The van der Waals surface area contributed by atoms with E-state index in [2.05, 4.69) is 51.1 Å². The van der Waals surface area contributed by atoms with Gasteiger partial charge in [0, 0.05) is 22.2 Å². The Morgan fingerprint density at radius 2 is 1.32 bits per heavy atom. The number of carbonyl (C=O) groups excluding carboxylic acids is 2. The molecule has 4 aromatic carbocycles. The fourth-order valence-electron chi connectivity index (χ4n) is 6.99. The van der Waals surface area contributed by atoms with E-state index >= 15 is 0 Å². The third-order valence-corrected chi connectivity index (χ3v) is 9.94. The van der Waals surface area contributed by atoms with Gasteiger partial charge < -0.3 is 9.64 Å². The maximum Gasteiger partial charge on any atom is 0.269 e. The Hall–Kier alpha value is -4.03. The summed E-state index contributed by atoms with van der Waals surface area (Å²) in [5, 5.41) is 0. The number of thioether (sulfide) groups is 1. The van der Waals surface area contributed by atoms with Crippen LogP contribution in [0.5, 0.6) is 11.5 Å². The lowest BCUT2D eigenvalue weighted by atomic mass is 9.65. The first-order valence-corrected chi connectivity index (χ1v) is 14.6. The van der Waals surface area contributed by atoms with E-state index in [0.717, 1.165) is 29.0 Å². The highest BCUT2D eigenvalue weighted by molar-refractivity contribution is 8.02. The van der Waals surface area contributed by atoms with Gasteiger partial charge in [-0.2, -0.15) is 0 Å². The number of fused-ring (bicyclic) bond motifs is 1. The number of carbonyl (C=O) groups is 2. The molecule has 6 heteroatoms. The van der Waals surface area contributed by atoms with Gasteiger partial charge in [0.05, 0.1) is 11.4 Å². The maximum absolute atomic E-state index is 14.7. The van der Waals surface area contributed by atoms with Crippen molar-refractivity contribution in [1.29, 1.82) is 0 Å². The predicted octanol–water partition coefficient (Wildman–Crippen LogP) is 7.25. The minimum absolute atomic E-state index is 0.0458. The third kappa shape index (κ3) is 3.42. The number of para-hydroxylation sites is 2. The van der Waals surface area contributed by atoms with Gasteiger partial charge in [0.25, 0.3) is 5.91 Å². The molecule has 0 saturated carbocycles. The number of benzene rings is 4. The van der Waals surface area contributed by atoms with Crippen LogP contribution in [-0.2, 0) is 19.9 Å². The molecular formula is C34H30N2O3S. The van der Waals surface area contributed by atoms with Crippen molar-refractivity contribution in [3.63, 3.8) is 0 Å². The first kappa shape index (κ1) is 25.0. The number of hydrogen-bond acceptors (Lipinski definition) is 4. The van der Waals surface area contributed by atoms with Gasteiger partial charge >= 0.3 is 0 Å². The molecule has 5 nitrogen and oxygen atoms in total. The first-order chi connectivity index (χ1) is 19.3. The molecular weight excluding hydrogens is 516 g/mol. The average Bonchev–Trinajstić information content (AvgIpc) is 3.44. The molecule has 0 aliphatic carbocycles. The van der Waals surface area contributed by atoms with Crippen molar-refractivity contribution in [3.05, 3.63) is 120 Å². The molecule has 2 atom stereocenters. The second-order valence-electron chi connectivity index (χ2n) is 11.6. The molecule has 0 radical (unpaired) electrons. The summed E-state index contributed by atoms with van der Waals surface area (Å²) in [4.78, 5) is 30.8. The Bertz CT molecular complexity index is 1640. The largest absolute Gasteiger partial charge is 0.457 e. The van der Waals surface area contributed by atoms with Crippen LogP contribution in [0.1, 0.15) is 43.9 Å². The Balaban J connectivity index is 1.36. The van der Waals surface area contributed by atoms with Gasteiger partial charge in [0.15, 0.2) is 0 Å². The fraction of sp³-hybridized carbons (Fsp3) is 0.235. The van der Waals surface area contributed by atoms with Gasteiger partial charge in [0.1, 0.15) is 11.5 Å². The summed E-state index contributed by atoms with van der Waals surface area (Å²) in [6, 6.07) is 33.8. The molecule has 200 valence electrons. The van der Waals surface area contributed by atoms with Crippen molar-refractivity contribution in [2.75, 3.05) is 15.6 Å². The van der Waals surface area contributed by atoms with Crippen LogP contribution >= 0.6 is 11.8 Å². The number of amides is 2. The highest BCUT2D eigenvalue weighted by atomic mass is 32.2. The molecule has 1 spiro atoms. The number of hydrogen-bond donors (Lipinski definition) is 0. The molecule has 3 heterocycles. The van der Waals surface area contributed by atoms with Crippen molar-refractivity contribution < 1.29 is 14.3 Å². The van der Waals surface area contributed by atoms with E-state index in [1.54, 1.807) is 4.90 Å². The molecule has 3 aliphatic rings. The van der Waals surface area contributed by atoms with Crippen molar-refractivity contribution in [2.45, 2.75) is 43.0 Å².